The summed E-state index contributed by atoms with van der Waals surface area (Å²) in [5.41, 5.74) is 4.75. The molecule has 1 saturated carbocycles. The maximum atomic E-state index is 11.0. The molecule has 0 saturated heterocycles. The van der Waals surface area contributed by atoms with Gasteiger partial charge in [0, 0.05) is 27.4 Å². The van der Waals surface area contributed by atoms with Crippen molar-refractivity contribution in [2.75, 3.05) is 0 Å². The first-order valence-corrected chi connectivity index (χ1v) is 9.77. The quantitative estimate of drug-likeness (QED) is 0.630. The topological polar surface area (TPSA) is 34.4 Å². The fourth-order valence-electron chi connectivity index (χ4n) is 6.32. The SMILES string of the molecule is Cc1cc2c3ccccc3n3c2c2c1O[C@@]1(C)C[C@@H]2[C@H](C[C@H]1O)C3(C)C. The van der Waals surface area contributed by atoms with E-state index in [1.807, 2.05) is 0 Å². The van der Waals surface area contributed by atoms with Gasteiger partial charge in [-0.15, -0.1) is 0 Å². The summed E-state index contributed by atoms with van der Waals surface area (Å²) < 4.78 is 9.06. The van der Waals surface area contributed by atoms with Gasteiger partial charge < -0.3 is 14.4 Å². The van der Waals surface area contributed by atoms with Crippen LogP contribution in [0.15, 0.2) is 30.3 Å². The molecule has 6 rings (SSSR count). The van der Waals surface area contributed by atoms with Crippen LogP contribution in [0.5, 0.6) is 5.75 Å². The summed E-state index contributed by atoms with van der Waals surface area (Å²) in [6, 6.07) is 11.0. The zero-order chi connectivity index (χ0) is 18.0. The molecule has 1 fully saturated rings. The molecule has 26 heavy (non-hydrogen) atoms. The van der Waals surface area contributed by atoms with Gasteiger partial charge in [-0.2, -0.15) is 0 Å². The minimum atomic E-state index is -0.461. The molecule has 4 atom stereocenters. The Kier molecular flexibility index (Phi) is 2.49. The van der Waals surface area contributed by atoms with Crippen molar-refractivity contribution in [3.05, 3.63) is 41.5 Å². The Bertz CT molecular complexity index is 1110. The third-order valence-corrected chi connectivity index (χ3v) is 7.62. The van der Waals surface area contributed by atoms with Gasteiger partial charge in [0.15, 0.2) is 0 Å². The van der Waals surface area contributed by atoms with Crippen LogP contribution in [0.4, 0.5) is 0 Å². The van der Waals surface area contributed by atoms with E-state index in [1.165, 1.54) is 32.9 Å². The molecule has 0 spiro atoms. The van der Waals surface area contributed by atoms with Crippen molar-refractivity contribution in [1.82, 2.24) is 4.57 Å². The highest BCUT2D eigenvalue weighted by Crippen LogP contribution is 2.62. The second kappa shape index (κ2) is 4.28. The predicted octanol–water partition coefficient (Wildman–Crippen LogP) is 4.86. The Morgan fingerprint density at radius 1 is 1.15 bits per heavy atom. The number of aliphatic hydroxyl groups excluding tert-OH is 1. The number of para-hydroxylation sites is 1. The van der Waals surface area contributed by atoms with Crippen molar-refractivity contribution in [3.63, 3.8) is 0 Å². The number of ether oxygens (including phenoxy) is 1. The number of hydrogen-bond donors (Lipinski definition) is 1. The van der Waals surface area contributed by atoms with Crippen molar-refractivity contribution in [2.24, 2.45) is 5.92 Å². The van der Waals surface area contributed by atoms with Gasteiger partial charge in [-0.3, -0.25) is 0 Å². The number of aryl methyl sites for hydroxylation is 1. The highest BCUT2D eigenvalue weighted by molar-refractivity contribution is 6.11. The normalized spacial score (nSPS) is 33.7. The molecule has 3 heteroatoms. The average molecular weight is 347 g/mol. The summed E-state index contributed by atoms with van der Waals surface area (Å²) in [6.07, 6.45) is 1.29. The highest BCUT2D eigenvalue weighted by Gasteiger charge is 2.57. The molecular weight excluding hydrogens is 322 g/mol. The van der Waals surface area contributed by atoms with Gasteiger partial charge in [-0.05, 0) is 70.1 Å². The van der Waals surface area contributed by atoms with Gasteiger partial charge in [0.2, 0.25) is 0 Å². The first-order valence-electron chi connectivity index (χ1n) is 9.77. The average Bonchev–Trinajstić information content (AvgIpc) is 2.92. The van der Waals surface area contributed by atoms with Gasteiger partial charge in [0.1, 0.15) is 11.4 Å². The highest BCUT2D eigenvalue weighted by atomic mass is 16.5. The third-order valence-electron chi connectivity index (χ3n) is 7.62. The molecule has 0 amide bonds. The van der Waals surface area contributed by atoms with Crippen LogP contribution >= 0.6 is 0 Å². The molecule has 3 aliphatic rings. The molecule has 3 heterocycles. The predicted molar refractivity (Wildman–Crippen MR) is 104 cm³/mol. The number of nitrogens with zero attached hydrogens (tertiary/aromatic N) is 1. The van der Waals surface area contributed by atoms with Gasteiger partial charge in [0.05, 0.1) is 11.6 Å². The minimum absolute atomic E-state index is 0.0365. The monoisotopic (exact) mass is 347 g/mol. The summed E-state index contributed by atoms with van der Waals surface area (Å²) in [5, 5.41) is 13.7. The van der Waals surface area contributed by atoms with E-state index in [4.69, 9.17) is 4.74 Å². The molecule has 2 bridgehead atoms. The summed E-state index contributed by atoms with van der Waals surface area (Å²) in [7, 11) is 0. The molecular formula is C23H25NO2. The van der Waals surface area contributed by atoms with Gasteiger partial charge in [-0.25, -0.2) is 0 Å². The summed E-state index contributed by atoms with van der Waals surface area (Å²) in [5.74, 6) is 1.91. The molecule has 3 aromatic rings. The van der Waals surface area contributed by atoms with Crippen LogP contribution in [-0.2, 0) is 5.54 Å². The van der Waals surface area contributed by atoms with E-state index in [1.54, 1.807) is 0 Å². The second-order valence-corrected chi connectivity index (χ2v) is 9.42. The Hall–Kier alpha value is -2.00. The molecule has 3 nitrogen and oxygen atoms in total. The summed E-state index contributed by atoms with van der Waals surface area (Å²) in [6.45, 7) is 8.97. The van der Waals surface area contributed by atoms with Crippen molar-refractivity contribution in [1.29, 1.82) is 0 Å². The maximum absolute atomic E-state index is 11.0. The molecule has 1 aliphatic carbocycles. The second-order valence-electron chi connectivity index (χ2n) is 9.42. The van der Waals surface area contributed by atoms with Gasteiger partial charge in [0.25, 0.3) is 0 Å². The van der Waals surface area contributed by atoms with Crippen molar-refractivity contribution in [2.45, 2.75) is 63.7 Å². The molecule has 0 unspecified atom stereocenters. The maximum Gasteiger partial charge on any atom is 0.133 e. The first-order chi connectivity index (χ1) is 12.3. The lowest BCUT2D eigenvalue weighted by molar-refractivity contribution is -0.117. The number of fused-ring (bicyclic) bond motifs is 4. The molecule has 2 aromatic carbocycles. The van der Waals surface area contributed by atoms with Crippen LogP contribution in [0.1, 0.15) is 50.7 Å². The van der Waals surface area contributed by atoms with Crippen molar-refractivity contribution in [3.8, 4) is 5.75 Å². The summed E-state index contributed by atoms with van der Waals surface area (Å²) in [4.78, 5) is 0. The number of rotatable bonds is 0. The number of benzene rings is 2. The number of aromatic nitrogens is 1. The fourth-order valence-corrected chi connectivity index (χ4v) is 6.32. The minimum Gasteiger partial charge on any atom is -0.484 e. The zero-order valence-electron chi connectivity index (χ0n) is 15.8. The van der Waals surface area contributed by atoms with Crippen LogP contribution in [0, 0.1) is 12.8 Å². The van der Waals surface area contributed by atoms with E-state index in [-0.39, 0.29) is 5.54 Å². The Morgan fingerprint density at radius 2 is 1.92 bits per heavy atom. The third kappa shape index (κ3) is 1.48. The lowest BCUT2D eigenvalue weighted by atomic mass is 9.59. The van der Waals surface area contributed by atoms with Gasteiger partial charge >= 0.3 is 0 Å². The zero-order valence-corrected chi connectivity index (χ0v) is 15.8. The lowest BCUT2D eigenvalue weighted by Gasteiger charge is -2.57. The number of hydrogen-bond acceptors (Lipinski definition) is 2. The fraction of sp³-hybridized carbons (Fsp3) is 0.478. The van der Waals surface area contributed by atoms with Crippen molar-refractivity contribution < 1.29 is 9.84 Å². The summed E-state index contributed by atoms with van der Waals surface area (Å²) >= 11 is 0. The standard InChI is InChI=1S/C23H25NO2/c1-12-9-14-13-7-5-6-8-17(13)24-20(14)19-15-11-23(4,26-21(12)19)18(25)10-16(15)22(24,2)3/h5-9,15-16,18,25H,10-11H2,1-4H3/t15-,16+,18-,23+/m1/s1. The Balaban J connectivity index is 1.87. The van der Waals surface area contributed by atoms with Crippen LogP contribution in [-0.4, -0.2) is 21.4 Å². The van der Waals surface area contributed by atoms with Crippen molar-refractivity contribution >= 4 is 21.8 Å². The molecule has 1 N–H and O–H groups in total. The van der Waals surface area contributed by atoms with E-state index < -0.39 is 11.7 Å². The molecule has 0 radical (unpaired) electrons. The van der Waals surface area contributed by atoms with E-state index >= 15 is 0 Å². The largest absolute Gasteiger partial charge is 0.484 e. The van der Waals surface area contributed by atoms with E-state index in [9.17, 15) is 5.11 Å². The number of aliphatic hydroxyl groups is 1. The smallest absolute Gasteiger partial charge is 0.133 e. The first kappa shape index (κ1) is 15.1. The molecule has 2 aliphatic heterocycles. The van der Waals surface area contributed by atoms with E-state index in [0.717, 1.165) is 18.6 Å². The Labute approximate surface area is 153 Å². The molecule has 134 valence electrons. The van der Waals surface area contributed by atoms with Gasteiger partial charge in [-0.1, -0.05) is 18.2 Å². The lowest BCUT2D eigenvalue weighted by Crippen LogP contribution is -2.59. The van der Waals surface area contributed by atoms with Crippen LogP contribution in [0.3, 0.4) is 0 Å². The van der Waals surface area contributed by atoms with Crippen LogP contribution < -0.4 is 4.74 Å². The van der Waals surface area contributed by atoms with E-state index in [0.29, 0.717) is 11.8 Å². The molecule has 1 aromatic heterocycles. The van der Waals surface area contributed by atoms with E-state index in [2.05, 4.69) is 62.6 Å². The van der Waals surface area contributed by atoms with Crippen LogP contribution in [0.25, 0.3) is 21.8 Å². The Morgan fingerprint density at radius 3 is 2.73 bits per heavy atom. The van der Waals surface area contributed by atoms with Crippen LogP contribution in [0.2, 0.25) is 0 Å².